The summed E-state index contributed by atoms with van der Waals surface area (Å²) < 4.78 is 5.56. The van der Waals surface area contributed by atoms with E-state index in [0.29, 0.717) is 11.4 Å². The molecular formula is C15H19N3O3. The van der Waals surface area contributed by atoms with Gasteiger partial charge in [-0.1, -0.05) is 12.1 Å². The van der Waals surface area contributed by atoms with Crippen LogP contribution in [0.25, 0.3) is 0 Å². The molecular weight excluding hydrogens is 270 g/mol. The number of para-hydroxylation sites is 2. The minimum atomic E-state index is -0.569. The number of nitrogens with one attached hydrogen (secondary N) is 2. The van der Waals surface area contributed by atoms with Crippen molar-refractivity contribution in [2.75, 3.05) is 24.5 Å². The summed E-state index contributed by atoms with van der Waals surface area (Å²) in [5.74, 6) is 0.314. The van der Waals surface area contributed by atoms with Crippen LogP contribution in [0.2, 0.25) is 0 Å². The number of fused-ring (bicyclic) bond motifs is 1. The highest BCUT2D eigenvalue weighted by Gasteiger charge is 2.32. The van der Waals surface area contributed by atoms with Crippen LogP contribution in [0.3, 0.4) is 0 Å². The number of hydrogen-bond acceptors (Lipinski definition) is 4. The third kappa shape index (κ3) is 2.85. The number of benzene rings is 1. The first-order valence-corrected chi connectivity index (χ1v) is 7.22. The quantitative estimate of drug-likeness (QED) is 0.838. The van der Waals surface area contributed by atoms with Crippen LogP contribution in [-0.4, -0.2) is 43.6 Å². The SMILES string of the molecule is CC1Oc2ccccc2N(CC(=O)NC2CCNC2)C1=O. The molecule has 1 aromatic carbocycles. The van der Waals surface area contributed by atoms with Crippen molar-refractivity contribution in [3.63, 3.8) is 0 Å². The maximum atomic E-state index is 12.3. The summed E-state index contributed by atoms with van der Waals surface area (Å²) in [6, 6.07) is 7.44. The highest BCUT2D eigenvalue weighted by atomic mass is 16.5. The molecule has 2 aliphatic rings. The molecule has 3 rings (SSSR count). The number of carbonyl (C=O) groups excluding carboxylic acids is 2. The summed E-state index contributed by atoms with van der Waals surface area (Å²) in [7, 11) is 0. The van der Waals surface area contributed by atoms with Gasteiger partial charge in [0.05, 0.1) is 5.69 Å². The summed E-state index contributed by atoms with van der Waals surface area (Å²) in [5.41, 5.74) is 0.653. The minimum Gasteiger partial charge on any atom is -0.479 e. The largest absolute Gasteiger partial charge is 0.479 e. The second-order valence-electron chi connectivity index (χ2n) is 5.41. The van der Waals surface area contributed by atoms with Gasteiger partial charge in [-0.25, -0.2) is 0 Å². The van der Waals surface area contributed by atoms with Gasteiger partial charge in [0.2, 0.25) is 5.91 Å². The van der Waals surface area contributed by atoms with Crippen molar-refractivity contribution in [2.45, 2.75) is 25.5 Å². The van der Waals surface area contributed by atoms with E-state index in [-0.39, 0.29) is 24.4 Å². The third-order valence-corrected chi connectivity index (χ3v) is 3.80. The maximum absolute atomic E-state index is 12.3. The standard InChI is InChI=1S/C15H19N3O3/c1-10-15(20)18(12-4-2-3-5-13(12)21-10)9-14(19)17-11-6-7-16-8-11/h2-5,10-11,16H,6-9H2,1H3,(H,17,19). The van der Waals surface area contributed by atoms with Crippen molar-refractivity contribution in [3.05, 3.63) is 24.3 Å². The van der Waals surface area contributed by atoms with Crippen LogP contribution in [0, 0.1) is 0 Å². The molecule has 1 fully saturated rings. The Morgan fingerprint density at radius 1 is 1.48 bits per heavy atom. The molecule has 112 valence electrons. The number of hydrogen-bond donors (Lipinski definition) is 2. The number of amides is 2. The van der Waals surface area contributed by atoms with Gasteiger partial charge < -0.3 is 15.4 Å². The summed E-state index contributed by atoms with van der Waals surface area (Å²) in [6.07, 6.45) is 0.358. The minimum absolute atomic E-state index is 0.0278. The second-order valence-corrected chi connectivity index (χ2v) is 5.41. The van der Waals surface area contributed by atoms with Gasteiger partial charge in [0, 0.05) is 12.6 Å². The Morgan fingerprint density at radius 2 is 2.29 bits per heavy atom. The predicted molar refractivity (Wildman–Crippen MR) is 78.3 cm³/mol. The average Bonchev–Trinajstić information content (AvgIpc) is 2.96. The normalized spacial score (nSPS) is 24.4. The molecule has 0 aliphatic carbocycles. The topological polar surface area (TPSA) is 70.7 Å². The first-order chi connectivity index (χ1) is 10.1. The fourth-order valence-corrected chi connectivity index (χ4v) is 2.72. The number of nitrogens with zero attached hydrogens (tertiary/aromatic N) is 1. The number of rotatable bonds is 3. The van der Waals surface area contributed by atoms with E-state index in [0.717, 1.165) is 19.5 Å². The first-order valence-electron chi connectivity index (χ1n) is 7.22. The van der Waals surface area contributed by atoms with E-state index in [9.17, 15) is 9.59 Å². The van der Waals surface area contributed by atoms with Crippen molar-refractivity contribution in [1.82, 2.24) is 10.6 Å². The molecule has 0 saturated carbocycles. The molecule has 2 aliphatic heterocycles. The van der Waals surface area contributed by atoms with E-state index in [1.807, 2.05) is 18.2 Å². The molecule has 6 heteroatoms. The smallest absolute Gasteiger partial charge is 0.268 e. The van der Waals surface area contributed by atoms with E-state index < -0.39 is 6.10 Å². The molecule has 2 N–H and O–H groups in total. The molecule has 21 heavy (non-hydrogen) atoms. The van der Waals surface area contributed by atoms with Gasteiger partial charge in [-0.3, -0.25) is 14.5 Å². The molecule has 0 bridgehead atoms. The molecule has 2 atom stereocenters. The van der Waals surface area contributed by atoms with Crippen LogP contribution >= 0.6 is 0 Å². The fourth-order valence-electron chi connectivity index (χ4n) is 2.72. The van der Waals surface area contributed by atoms with E-state index >= 15 is 0 Å². The molecule has 2 amide bonds. The van der Waals surface area contributed by atoms with E-state index in [1.165, 1.54) is 4.90 Å². The lowest BCUT2D eigenvalue weighted by atomic mass is 10.2. The van der Waals surface area contributed by atoms with Gasteiger partial charge in [-0.15, -0.1) is 0 Å². The van der Waals surface area contributed by atoms with Crippen LogP contribution < -0.4 is 20.3 Å². The Morgan fingerprint density at radius 3 is 3.05 bits per heavy atom. The molecule has 1 saturated heterocycles. The third-order valence-electron chi connectivity index (χ3n) is 3.80. The molecule has 2 unspecified atom stereocenters. The van der Waals surface area contributed by atoms with Gasteiger partial charge in [0.1, 0.15) is 12.3 Å². The lowest BCUT2D eigenvalue weighted by Gasteiger charge is -2.32. The Kier molecular flexibility index (Phi) is 3.79. The average molecular weight is 289 g/mol. The lowest BCUT2D eigenvalue weighted by Crippen LogP contribution is -2.50. The van der Waals surface area contributed by atoms with Gasteiger partial charge in [0.25, 0.3) is 5.91 Å². The summed E-state index contributed by atoms with van der Waals surface area (Å²) in [6.45, 7) is 3.43. The van der Waals surface area contributed by atoms with E-state index in [2.05, 4.69) is 10.6 Å². The van der Waals surface area contributed by atoms with E-state index in [4.69, 9.17) is 4.74 Å². The molecule has 6 nitrogen and oxygen atoms in total. The Balaban J connectivity index is 1.73. The number of ether oxygens (including phenoxy) is 1. The predicted octanol–water partition coefficient (Wildman–Crippen LogP) is 0.279. The molecule has 2 heterocycles. The van der Waals surface area contributed by atoms with Crippen molar-refractivity contribution in [3.8, 4) is 5.75 Å². The Bertz CT molecular complexity index is 555. The summed E-state index contributed by atoms with van der Waals surface area (Å²) >= 11 is 0. The van der Waals surface area contributed by atoms with Crippen LogP contribution in [0.4, 0.5) is 5.69 Å². The zero-order chi connectivity index (χ0) is 14.8. The van der Waals surface area contributed by atoms with Crippen molar-refractivity contribution in [2.24, 2.45) is 0 Å². The van der Waals surface area contributed by atoms with Crippen molar-refractivity contribution in [1.29, 1.82) is 0 Å². The highest BCUT2D eigenvalue weighted by Crippen LogP contribution is 2.33. The molecule has 0 radical (unpaired) electrons. The monoisotopic (exact) mass is 289 g/mol. The number of carbonyl (C=O) groups is 2. The van der Waals surface area contributed by atoms with E-state index in [1.54, 1.807) is 13.0 Å². The lowest BCUT2D eigenvalue weighted by molar-refractivity contribution is -0.128. The second kappa shape index (κ2) is 5.73. The molecule has 0 spiro atoms. The maximum Gasteiger partial charge on any atom is 0.268 e. The van der Waals surface area contributed by atoms with Gasteiger partial charge in [0.15, 0.2) is 6.10 Å². The Labute approximate surface area is 123 Å². The first kappa shape index (κ1) is 13.9. The highest BCUT2D eigenvalue weighted by molar-refractivity contribution is 6.03. The summed E-state index contributed by atoms with van der Waals surface area (Å²) in [4.78, 5) is 25.9. The fraction of sp³-hybridized carbons (Fsp3) is 0.467. The van der Waals surface area contributed by atoms with Gasteiger partial charge in [-0.05, 0) is 32.0 Å². The van der Waals surface area contributed by atoms with Gasteiger partial charge in [-0.2, -0.15) is 0 Å². The zero-order valence-electron chi connectivity index (χ0n) is 12.0. The van der Waals surface area contributed by atoms with Crippen molar-refractivity contribution >= 4 is 17.5 Å². The van der Waals surface area contributed by atoms with Crippen molar-refractivity contribution < 1.29 is 14.3 Å². The Hall–Kier alpha value is -2.08. The molecule has 0 aromatic heterocycles. The molecule has 1 aromatic rings. The van der Waals surface area contributed by atoms with Crippen LogP contribution in [-0.2, 0) is 9.59 Å². The van der Waals surface area contributed by atoms with Gasteiger partial charge >= 0.3 is 0 Å². The summed E-state index contributed by atoms with van der Waals surface area (Å²) in [5, 5.41) is 6.15. The van der Waals surface area contributed by atoms with Crippen LogP contribution in [0.15, 0.2) is 24.3 Å². The number of anilines is 1. The van der Waals surface area contributed by atoms with Crippen LogP contribution in [0.1, 0.15) is 13.3 Å². The van der Waals surface area contributed by atoms with Crippen LogP contribution in [0.5, 0.6) is 5.75 Å². The zero-order valence-corrected chi connectivity index (χ0v) is 12.0.